The fraction of sp³-hybridized carbons (Fsp3) is 0.333. The van der Waals surface area contributed by atoms with Gasteiger partial charge in [-0.3, -0.25) is 14.3 Å². The highest BCUT2D eigenvalue weighted by atomic mass is 35.5. The number of halogens is 1. The summed E-state index contributed by atoms with van der Waals surface area (Å²) >= 11 is 1.06. The molecule has 1 aromatic heterocycles. The zero-order chi connectivity index (χ0) is 34.5. The predicted octanol–water partition coefficient (Wildman–Crippen LogP) is 5.73. The number of hydrogen-bond donors (Lipinski definition) is 4. The lowest BCUT2D eigenvalue weighted by Gasteiger charge is -2.25. The maximum atomic E-state index is 13.9. The van der Waals surface area contributed by atoms with Crippen LogP contribution in [0.3, 0.4) is 0 Å². The Hall–Kier alpha value is -3.94. The summed E-state index contributed by atoms with van der Waals surface area (Å²) in [5.74, 6) is -0.117. The quantitative estimate of drug-likeness (QED) is 0.103. The molecule has 4 aromatic rings. The molecule has 0 aliphatic rings. The Kier molecular flexibility index (Phi) is 15.6. The molecule has 0 aliphatic carbocycles. The second-order valence-corrected chi connectivity index (χ2v) is 14.3. The first-order chi connectivity index (χ1) is 23.1. The number of aliphatic hydroxyl groups is 1. The Morgan fingerprint density at radius 3 is 2.24 bits per heavy atom. The number of carbonyl (C=O) groups excluding carboxylic acids is 2. The van der Waals surface area contributed by atoms with Gasteiger partial charge in [-0.1, -0.05) is 62.4 Å². The third-order valence-corrected chi connectivity index (χ3v) is 10.4. The number of benzene rings is 3. The summed E-state index contributed by atoms with van der Waals surface area (Å²) in [5, 5.41) is 19.2. The largest absolute Gasteiger partial charge is 0.497 e. The Morgan fingerprint density at radius 2 is 1.59 bits per heavy atom. The standard InChI is InChI=1S/C36H44N4O6S2.ClH/c1-4-16-40(17-5-2)36(43)29-21-28(22-30(23-29)39-48(44,45)34-15-10-18-47-34)35(42)38-32(20-26-11-7-6-8-12-26)33(41)25-37-24-27-13-9-14-31(19-27)46-3;/h6-15,18-19,21-23,32-33,37,39,41H,4-5,16-17,20,24-25H2,1-3H3,(H,38,42);1H/t32-,33+;/m0./s1. The molecule has 0 spiro atoms. The van der Waals surface area contributed by atoms with Crippen LogP contribution in [-0.4, -0.2) is 69.1 Å². The van der Waals surface area contributed by atoms with Crippen LogP contribution in [0.5, 0.6) is 5.75 Å². The van der Waals surface area contributed by atoms with Crippen molar-refractivity contribution in [2.45, 2.75) is 56.0 Å². The summed E-state index contributed by atoms with van der Waals surface area (Å²) in [7, 11) is -2.35. The van der Waals surface area contributed by atoms with Crippen molar-refractivity contribution < 1.29 is 27.9 Å². The van der Waals surface area contributed by atoms with E-state index in [9.17, 15) is 23.1 Å². The number of sulfonamides is 1. The second-order valence-electron chi connectivity index (χ2n) is 11.4. The Labute approximate surface area is 299 Å². The molecule has 13 heteroatoms. The highest BCUT2D eigenvalue weighted by Crippen LogP contribution is 2.24. The summed E-state index contributed by atoms with van der Waals surface area (Å²) in [6.07, 6.45) is 0.848. The van der Waals surface area contributed by atoms with Gasteiger partial charge in [0.2, 0.25) is 0 Å². The van der Waals surface area contributed by atoms with Crippen LogP contribution in [0.15, 0.2) is 94.5 Å². The number of ether oxygens (including phenoxy) is 1. The lowest BCUT2D eigenvalue weighted by atomic mass is 10.00. The zero-order valence-corrected chi connectivity index (χ0v) is 30.4. The van der Waals surface area contributed by atoms with E-state index in [2.05, 4.69) is 15.4 Å². The Morgan fingerprint density at radius 1 is 0.898 bits per heavy atom. The van der Waals surface area contributed by atoms with Gasteiger partial charge in [-0.2, -0.15) is 0 Å². The Balaban J connectivity index is 0.00000650. The van der Waals surface area contributed by atoms with Crippen molar-refractivity contribution in [2.75, 3.05) is 31.5 Å². The van der Waals surface area contributed by atoms with Crippen molar-refractivity contribution in [3.63, 3.8) is 0 Å². The lowest BCUT2D eigenvalue weighted by molar-refractivity contribution is 0.0755. The molecule has 0 saturated carbocycles. The monoisotopic (exact) mass is 728 g/mol. The van der Waals surface area contributed by atoms with Gasteiger partial charge < -0.3 is 25.4 Å². The average Bonchev–Trinajstić information content (AvgIpc) is 3.64. The minimum Gasteiger partial charge on any atom is -0.497 e. The first kappa shape index (κ1) is 39.5. The van der Waals surface area contributed by atoms with E-state index in [1.54, 1.807) is 23.5 Å². The van der Waals surface area contributed by atoms with Crippen LogP contribution >= 0.6 is 23.7 Å². The first-order valence-electron chi connectivity index (χ1n) is 16.0. The van der Waals surface area contributed by atoms with Crippen LogP contribution in [0.25, 0.3) is 0 Å². The maximum absolute atomic E-state index is 13.9. The minimum absolute atomic E-state index is 0. The van der Waals surface area contributed by atoms with E-state index in [1.165, 1.54) is 24.3 Å². The molecule has 0 fully saturated rings. The topological polar surface area (TPSA) is 137 Å². The van der Waals surface area contributed by atoms with E-state index < -0.39 is 28.1 Å². The zero-order valence-electron chi connectivity index (χ0n) is 27.9. The van der Waals surface area contributed by atoms with Crippen LogP contribution < -0.4 is 20.1 Å². The molecule has 4 N–H and O–H groups in total. The summed E-state index contributed by atoms with van der Waals surface area (Å²) < 4.78 is 34.2. The van der Waals surface area contributed by atoms with Gasteiger partial charge in [0, 0.05) is 37.3 Å². The molecule has 0 unspecified atom stereocenters. The predicted molar refractivity (Wildman–Crippen MR) is 197 cm³/mol. The average molecular weight is 729 g/mol. The van der Waals surface area contributed by atoms with E-state index in [0.29, 0.717) is 26.1 Å². The van der Waals surface area contributed by atoms with Crippen molar-refractivity contribution in [1.29, 1.82) is 0 Å². The van der Waals surface area contributed by atoms with Crippen molar-refractivity contribution in [2.24, 2.45) is 0 Å². The van der Waals surface area contributed by atoms with Gasteiger partial charge in [0.25, 0.3) is 21.8 Å². The third kappa shape index (κ3) is 11.6. The fourth-order valence-electron chi connectivity index (χ4n) is 5.29. The van der Waals surface area contributed by atoms with E-state index in [1.807, 2.05) is 68.4 Å². The highest BCUT2D eigenvalue weighted by Gasteiger charge is 2.25. The van der Waals surface area contributed by atoms with Gasteiger partial charge in [-0.15, -0.1) is 23.7 Å². The smallest absolute Gasteiger partial charge is 0.271 e. The molecule has 0 radical (unpaired) electrons. The van der Waals surface area contributed by atoms with Crippen molar-refractivity contribution in [3.8, 4) is 5.75 Å². The molecule has 0 bridgehead atoms. The molecular formula is C36H45ClN4O6S2. The number of anilines is 1. The molecule has 2 amide bonds. The summed E-state index contributed by atoms with van der Waals surface area (Å²) in [6, 6.07) is 23.9. The van der Waals surface area contributed by atoms with Crippen LogP contribution in [-0.2, 0) is 23.0 Å². The molecule has 1 heterocycles. The van der Waals surface area contributed by atoms with E-state index in [4.69, 9.17) is 4.74 Å². The lowest BCUT2D eigenvalue weighted by Crippen LogP contribution is -2.48. The number of thiophene rings is 1. The number of amides is 2. The van der Waals surface area contributed by atoms with Gasteiger partial charge in [-0.25, -0.2) is 8.42 Å². The number of rotatable bonds is 18. The van der Waals surface area contributed by atoms with Crippen molar-refractivity contribution in [3.05, 3.63) is 113 Å². The van der Waals surface area contributed by atoms with Crippen LogP contribution in [0.2, 0.25) is 0 Å². The van der Waals surface area contributed by atoms with Gasteiger partial charge >= 0.3 is 0 Å². The van der Waals surface area contributed by atoms with Gasteiger partial charge in [0.05, 0.1) is 24.9 Å². The highest BCUT2D eigenvalue weighted by molar-refractivity contribution is 7.94. The molecule has 49 heavy (non-hydrogen) atoms. The molecule has 0 aliphatic heterocycles. The third-order valence-electron chi connectivity index (χ3n) is 7.62. The van der Waals surface area contributed by atoms with E-state index in [-0.39, 0.29) is 45.9 Å². The number of aliphatic hydroxyl groups excluding tert-OH is 1. The number of methoxy groups -OCH3 is 1. The van der Waals surface area contributed by atoms with E-state index in [0.717, 1.165) is 41.1 Å². The van der Waals surface area contributed by atoms with Gasteiger partial charge in [0.1, 0.15) is 9.96 Å². The first-order valence-corrected chi connectivity index (χ1v) is 18.4. The molecule has 2 atom stereocenters. The number of carbonyl (C=O) groups is 2. The number of nitrogens with zero attached hydrogens (tertiary/aromatic N) is 1. The van der Waals surface area contributed by atoms with E-state index >= 15 is 0 Å². The molecule has 0 saturated heterocycles. The van der Waals surface area contributed by atoms with Crippen LogP contribution in [0.4, 0.5) is 5.69 Å². The SMILES string of the molecule is CCCN(CCC)C(=O)c1cc(NS(=O)(=O)c2cccs2)cc(C(=O)N[C@@H](Cc2ccccc2)[C@H](O)CNCc2cccc(OC)c2)c1.Cl. The number of nitrogens with one attached hydrogen (secondary N) is 3. The van der Waals surface area contributed by atoms with Crippen molar-refractivity contribution >= 4 is 51.3 Å². The molecule has 3 aromatic carbocycles. The maximum Gasteiger partial charge on any atom is 0.271 e. The van der Waals surface area contributed by atoms with Crippen molar-refractivity contribution in [1.82, 2.24) is 15.5 Å². The molecule has 10 nitrogen and oxygen atoms in total. The summed E-state index contributed by atoms with van der Waals surface area (Å²) in [4.78, 5) is 29.3. The summed E-state index contributed by atoms with van der Waals surface area (Å²) in [5.41, 5.74) is 2.26. The Bertz CT molecular complexity index is 1730. The summed E-state index contributed by atoms with van der Waals surface area (Å²) in [6.45, 7) is 5.65. The molecular weight excluding hydrogens is 684 g/mol. The van der Waals surface area contributed by atoms with Crippen LogP contribution in [0, 0.1) is 0 Å². The number of hydrogen-bond acceptors (Lipinski definition) is 8. The molecule has 264 valence electrons. The molecule has 4 rings (SSSR count). The minimum atomic E-state index is -3.95. The van der Waals surface area contributed by atoms with Crippen LogP contribution in [0.1, 0.15) is 58.5 Å². The van der Waals surface area contributed by atoms with Gasteiger partial charge in [-0.05, 0) is 72.2 Å². The normalized spacial score (nSPS) is 12.3. The fourth-order valence-corrected chi connectivity index (χ4v) is 7.33. The van der Waals surface area contributed by atoms with Gasteiger partial charge in [0.15, 0.2) is 0 Å². The second kappa shape index (κ2) is 19.3.